The van der Waals surface area contributed by atoms with Gasteiger partial charge >= 0.3 is 11.9 Å². The lowest BCUT2D eigenvalue weighted by Gasteiger charge is -2.16. The monoisotopic (exact) mass is 357 g/mol. The average molecular weight is 358 g/mol. The Labute approximate surface area is 130 Å². The zero-order valence-corrected chi connectivity index (χ0v) is 13.5. The van der Waals surface area contributed by atoms with Crippen LogP contribution in [-0.2, 0) is 19.1 Å². The fourth-order valence-corrected chi connectivity index (χ4v) is 2.18. The summed E-state index contributed by atoms with van der Waals surface area (Å²) in [5, 5.41) is 2.48. The lowest BCUT2D eigenvalue weighted by atomic mass is 10.1. The van der Waals surface area contributed by atoms with E-state index in [1.807, 2.05) is 0 Å². The number of benzene rings is 1. The maximum Gasteiger partial charge on any atom is 0.328 e. The summed E-state index contributed by atoms with van der Waals surface area (Å²) >= 11 is 3.31. The van der Waals surface area contributed by atoms with E-state index in [0.717, 1.165) is 10.0 Å². The van der Waals surface area contributed by atoms with Gasteiger partial charge in [0.15, 0.2) is 0 Å². The summed E-state index contributed by atoms with van der Waals surface area (Å²) in [5.74, 6) is -1.78. The van der Waals surface area contributed by atoms with Crippen LogP contribution < -0.4 is 5.32 Å². The Morgan fingerprint density at radius 1 is 1.24 bits per heavy atom. The maximum absolute atomic E-state index is 12.2. The summed E-state index contributed by atoms with van der Waals surface area (Å²) in [7, 11) is 2.39. The summed E-state index contributed by atoms with van der Waals surface area (Å²) in [6, 6.07) is 4.04. The van der Waals surface area contributed by atoms with Crippen molar-refractivity contribution in [1.29, 1.82) is 0 Å². The number of hydrogen-bond donors (Lipinski definition) is 1. The smallest absolute Gasteiger partial charge is 0.328 e. The molecule has 0 heterocycles. The number of amides is 1. The number of aryl methyl sites for hydroxylation is 1. The Morgan fingerprint density at radius 2 is 1.90 bits per heavy atom. The van der Waals surface area contributed by atoms with Crippen molar-refractivity contribution < 1.29 is 23.9 Å². The third kappa shape index (κ3) is 4.86. The molecule has 0 fully saturated rings. The minimum atomic E-state index is -1.09. The van der Waals surface area contributed by atoms with Gasteiger partial charge in [0.05, 0.1) is 20.6 Å². The van der Waals surface area contributed by atoms with Crippen LogP contribution in [0.25, 0.3) is 0 Å². The quantitative estimate of drug-likeness (QED) is 0.809. The van der Waals surface area contributed by atoms with Gasteiger partial charge in [-0.05, 0) is 30.7 Å². The largest absolute Gasteiger partial charge is 0.469 e. The molecule has 0 aliphatic carbocycles. The first-order valence-electron chi connectivity index (χ1n) is 6.10. The molecule has 1 atom stereocenters. The topological polar surface area (TPSA) is 81.7 Å². The highest BCUT2D eigenvalue weighted by molar-refractivity contribution is 9.10. The summed E-state index contributed by atoms with van der Waals surface area (Å²) in [6.45, 7) is 1.77. The van der Waals surface area contributed by atoms with Crippen molar-refractivity contribution >= 4 is 33.8 Å². The molecule has 114 valence electrons. The van der Waals surface area contributed by atoms with E-state index in [1.165, 1.54) is 14.2 Å². The summed E-state index contributed by atoms with van der Waals surface area (Å²) < 4.78 is 9.92. The van der Waals surface area contributed by atoms with E-state index in [1.54, 1.807) is 25.1 Å². The van der Waals surface area contributed by atoms with Crippen LogP contribution in [0.3, 0.4) is 0 Å². The molecular formula is C14H16BrNO5. The van der Waals surface area contributed by atoms with Crippen LogP contribution >= 0.6 is 15.9 Å². The van der Waals surface area contributed by atoms with Crippen molar-refractivity contribution in [3.05, 3.63) is 33.8 Å². The van der Waals surface area contributed by atoms with Gasteiger partial charge in [-0.25, -0.2) is 4.79 Å². The first kappa shape index (κ1) is 17.2. The number of carbonyl (C=O) groups excluding carboxylic acids is 3. The highest BCUT2D eigenvalue weighted by atomic mass is 79.9. The van der Waals surface area contributed by atoms with E-state index in [4.69, 9.17) is 0 Å². The van der Waals surface area contributed by atoms with Gasteiger partial charge in [-0.1, -0.05) is 15.9 Å². The Kier molecular flexibility index (Phi) is 6.36. The lowest BCUT2D eigenvalue weighted by molar-refractivity contribution is -0.149. The third-order valence-electron chi connectivity index (χ3n) is 2.82. The Morgan fingerprint density at radius 3 is 2.43 bits per heavy atom. The van der Waals surface area contributed by atoms with Gasteiger partial charge in [-0.2, -0.15) is 0 Å². The van der Waals surface area contributed by atoms with Gasteiger partial charge in [0.1, 0.15) is 6.04 Å². The van der Waals surface area contributed by atoms with Crippen LogP contribution in [0.2, 0.25) is 0 Å². The van der Waals surface area contributed by atoms with E-state index >= 15 is 0 Å². The Balaban J connectivity index is 2.89. The van der Waals surface area contributed by atoms with Gasteiger partial charge in [0.25, 0.3) is 5.91 Å². The molecule has 0 unspecified atom stereocenters. The molecule has 0 saturated carbocycles. The number of methoxy groups -OCH3 is 2. The van der Waals surface area contributed by atoms with Crippen LogP contribution in [0.15, 0.2) is 22.7 Å². The Bertz CT molecular complexity index is 558. The first-order chi connectivity index (χ1) is 9.88. The standard InChI is InChI=1S/C14H16BrNO5/c1-8-6-9(15)4-5-10(8)13(18)16-11(14(19)21-3)7-12(17)20-2/h4-6,11H,7H2,1-3H3,(H,16,18)/t11-/m0/s1. The van der Waals surface area contributed by atoms with Crippen LogP contribution in [0.4, 0.5) is 0 Å². The number of rotatable bonds is 5. The minimum Gasteiger partial charge on any atom is -0.469 e. The van der Waals surface area contributed by atoms with E-state index in [-0.39, 0.29) is 6.42 Å². The second kappa shape index (κ2) is 7.78. The molecule has 0 spiro atoms. The van der Waals surface area contributed by atoms with E-state index in [9.17, 15) is 14.4 Å². The predicted molar refractivity (Wildman–Crippen MR) is 78.8 cm³/mol. The molecule has 1 rings (SSSR count). The first-order valence-corrected chi connectivity index (χ1v) is 6.90. The minimum absolute atomic E-state index is 0.287. The molecule has 0 aromatic heterocycles. The second-order valence-corrected chi connectivity index (χ2v) is 5.20. The molecule has 6 nitrogen and oxygen atoms in total. The molecule has 7 heteroatoms. The molecule has 0 saturated heterocycles. The van der Waals surface area contributed by atoms with Gasteiger partial charge in [0.2, 0.25) is 0 Å². The van der Waals surface area contributed by atoms with Crippen molar-refractivity contribution in [2.75, 3.05) is 14.2 Å². The zero-order valence-electron chi connectivity index (χ0n) is 11.9. The van der Waals surface area contributed by atoms with Crippen LogP contribution in [0, 0.1) is 6.92 Å². The molecular weight excluding hydrogens is 342 g/mol. The van der Waals surface area contributed by atoms with E-state index < -0.39 is 23.9 Å². The molecule has 0 aliphatic heterocycles. The number of ether oxygens (including phenoxy) is 2. The average Bonchev–Trinajstić information content (AvgIpc) is 2.45. The number of esters is 2. The Hall–Kier alpha value is -1.89. The molecule has 1 amide bonds. The summed E-state index contributed by atoms with van der Waals surface area (Å²) in [6.07, 6.45) is -0.287. The third-order valence-corrected chi connectivity index (χ3v) is 3.32. The molecule has 0 aliphatic rings. The second-order valence-electron chi connectivity index (χ2n) is 4.29. The number of halogens is 1. The van der Waals surface area contributed by atoms with Gasteiger partial charge < -0.3 is 14.8 Å². The SMILES string of the molecule is COC(=O)C[C@H](NC(=O)c1ccc(Br)cc1C)C(=O)OC. The van der Waals surface area contributed by atoms with Gasteiger partial charge in [-0.15, -0.1) is 0 Å². The summed E-state index contributed by atoms with van der Waals surface area (Å²) in [4.78, 5) is 35.1. The molecule has 0 bridgehead atoms. The van der Waals surface area contributed by atoms with E-state index in [0.29, 0.717) is 5.56 Å². The number of nitrogens with one attached hydrogen (secondary N) is 1. The normalized spacial score (nSPS) is 11.4. The van der Waals surface area contributed by atoms with Crippen molar-refractivity contribution in [1.82, 2.24) is 5.32 Å². The lowest BCUT2D eigenvalue weighted by Crippen LogP contribution is -2.43. The van der Waals surface area contributed by atoms with Crippen molar-refractivity contribution in [3.8, 4) is 0 Å². The maximum atomic E-state index is 12.2. The van der Waals surface area contributed by atoms with Crippen LogP contribution in [0.5, 0.6) is 0 Å². The van der Waals surface area contributed by atoms with Gasteiger partial charge in [-0.3, -0.25) is 9.59 Å². The molecule has 1 aromatic carbocycles. The highest BCUT2D eigenvalue weighted by Gasteiger charge is 2.26. The molecule has 0 radical (unpaired) electrons. The molecule has 1 aromatic rings. The number of hydrogen-bond acceptors (Lipinski definition) is 5. The molecule has 21 heavy (non-hydrogen) atoms. The van der Waals surface area contributed by atoms with Gasteiger partial charge in [0, 0.05) is 10.0 Å². The summed E-state index contributed by atoms with van der Waals surface area (Å²) in [5.41, 5.74) is 1.15. The van der Waals surface area contributed by atoms with Crippen molar-refractivity contribution in [3.63, 3.8) is 0 Å². The molecule has 1 N–H and O–H groups in total. The predicted octanol–water partition coefficient (Wildman–Crippen LogP) is 1.59. The fraction of sp³-hybridized carbons (Fsp3) is 0.357. The zero-order chi connectivity index (χ0) is 16.0. The number of carbonyl (C=O) groups is 3. The van der Waals surface area contributed by atoms with E-state index in [2.05, 4.69) is 30.7 Å². The van der Waals surface area contributed by atoms with Crippen LogP contribution in [0.1, 0.15) is 22.3 Å². The van der Waals surface area contributed by atoms with Crippen molar-refractivity contribution in [2.24, 2.45) is 0 Å². The van der Waals surface area contributed by atoms with Crippen LogP contribution in [-0.4, -0.2) is 38.1 Å². The highest BCUT2D eigenvalue weighted by Crippen LogP contribution is 2.16. The van der Waals surface area contributed by atoms with Crippen molar-refractivity contribution in [2.45, 2.75) is 19.4 Å². The fourth-order valence-electron chi connectivity index (χ4n) is 1.70.